The van der Waals surface area contributed by atoms with Crippen LogP contribution in [-0.2, 0) is 6.61 Å². The fourth-order valence-corrected chi connectivity index (χ4v) is 2.00. The van der Waals surface area contributed by atoms with Crippen LogP contribution in [0, 0.1) is 0 Å². The molecule has 0 spiro atoms. The van der Waals surface area contributed by atoms with E-state index in [-0.39, 0.29) is 12.7 Å². The van der Waals surface area contributed by atoms with Gasteiger partial charge >= 0.3 is 0 Å². The van der Waals surface area contributed by atoms with Crippen molar-refractivity contribution in [2.24, 2.45) is 0 Å². The first-order valence-electron chi connectivity index (χ1n) is 6.82. The van der Waals surface area contributed by atoms with Gasteiger partial charge in [0.2, 0.25) is 0 Å². The third kappa shape index (κ3) is 3.52. The number of hydrogen-bond acceptors (Lipinski definition) is 3. The quantitative estimate of drug-likeness (QED) is 0.871. The Morgan fingerprint density at radius 1 is 1.05 bits per heavy atom. The molecule has 0 aliphatic rings. The summed E-state index contributed by atoms with van der Waals surface area (Å²) in [6.07, 6.45) is -0.0598. The predicted molar refractivity (Wildman–Crippen MR) is 79.0 cm³/mol. The fourth-order valence-electron chi connectivity index (χ4n) is 2.00. The van der Waals surface area contributed by atoms with Crippen molar-refractivity contribution in [2.45, 2.75) is 26.6 Å². The molecule has 0 heterocycles. The van der Waals surface area contributed by atoms with Crippen LogP contribution in [0.3, 0.4) is 0 Å². The van der Waals surface area contributed by atoms with Crippen LogP contribution in [0.25, 0.3) is 0 Å². The summed E-state index contributed by atoms with van der Waals surface area (Å²) >= 11 is 0. The van der Waals surface area contributed by atoms with Crippen molar-refractivity contribution in [2.75, 3.05) is 6.61 Å². The largest absolute Gasteiger partial charge is 0.490 e. The molecular formula is C17H20O3. The van der Waals surface area contributed by atoms with Gasteiger partial charge in [-0.2, -0.15) is 0 Å². The molecular weight excluding hydrogens is 252 g/mol. The van der Waals surface area contributed by atoms with Crippen LogP contribution in [0.1, 0.15) is 31.1 Å². The lowest BCUT2D eigenvalue weighted by atomic mass is 10.1. The lowest BCUT2D eigenvalue weighted by Gasteiger charge is -2.18. The van der Waals surface area contributed by atoms with E-state index >= 15 is 0 Å². The maximum Gasteiger partial charge on any atom is 0.162 e. The molecule has 106 valence electrons. The van der Waals surface area contributed by atoms with Crippen LogP contribution in [0.5, 0.6) is 11.5 Å². The molecule has 0 aromatic heterocycles. The molecule has 0 aliphatic heterocycles. The van der Waals surface area contributed by atoms with Gasteiger partial charge in [0.05, 0.1) is 13.2 Å². The summed E-state index contributed by atoms with van der Waals surface area (Å²) in [6, 6.07) is 15.5. The first-order chi connectivity index (χ1) is 9.74. The van der Waals surface area contributed by atoms with Crippen molar-refractivity contribution in [1.29, 1.82) is 0 Å². The van der Waals surface area contributed by atoms with Crippen molar-refractivity contribution < 1.29 is 14.6 Å². The van der Waals surface area contributed by atoms with Crippen molar-refractivity contribution in [3.63, 3.8) is 0 Å². The van der Waals surface area contributed by atoms with Gasteiger partial charge in [-0.3, -0.25) is 0 Å². The Bertz CT molecular complexity index is 537. The molecule has 0 fully saturated rings. The van der Waals surface area contributed by atoms with Crippen LogP contribution in [0.4, 0.5) is 0 Å². The van der Waals surface area contributed by atoms with Crippen LogP contribution < -0.4 is 9.47 Å². The second kappa shape index (κ2) is 6.96. The number of benzene rings is 2. The summed E-state index contributed by atoms with van der Waals surface area (Å²) in [5, 5.41) is 9.18. The highest BCUT2D eigenvalue weighted by Crippen LogP contribution is 2.32. The summed E-state index contributed by atoms with van der Waals surface area (Å²) < 4.78 is 11.6. The maximum absolute atomic E-state index is 9.18. The second-order valence-corrected chi connectivity index (χ2v) is 4.54. The van der Waals surface area contributed by atoms with Gasteiger partial charge < -0.3 is 14.6 Å². The van der Waals surface area contributed by atoms with Gasteiger partial charge in [0.1, 0.15) is 6.10 Å². The van der Waals surface area contributed by atoms with E-state index in [4.69, 9.17) is 9.47 Å². The van der Waals surface area contributed by atoms with E-state index in [1.807, 2.05) is 62.4 Å². The Balaban J connectivity index is 2.19. The summed E-state index contributed by atoms with van der Waals surface area (Å²) in [5.74, 6) is 1.36. The molecule has 0 saturated heterocycles. The summed E-state index contributed by atoms with van der Waals surface area (Å²) in [6.45, 7) is 4.49. The second-order valence-electron chi connectivity index (χ2n) is 4.54. The zero-order valence-corrected chi connectivity index (χ0v) is 11.9. The molecule has 1 unspecified atom stereocenters. The fraction of sp³-hybridized carbons (Fsp3) is 0.294. The van der Waals surface area contributed by atoms with Crippen molar-refractivity contribution in [1.82, 2.24) is 0 Å². The lowest BCUT2D eigenvalue weighted by molar-refractivity contribution is 0.210. The minimum atomic E-state index is -0.0598. The van der Waals surface area contributed by atoms with Gasteiger partial charge in [-0.05, 0) is 37.1 Å². The highest BCUT2D eigenvalue weighted by atomic mass is 16.5. The molecule has 2 aromatic carbocycles. The average molecular weight is 272 g/mol. The lowest BCUT2D eigenvalue weighted by Crippen LogP contribution is -2.05. The molecule has 1 N–H and O–H groups in total. The van der Waals surface area contributed by atoms with Crippen molar-refractivity contribution >= 4 is 0 Å². The topological polar surface area (TPSA) is 38.7 Å². The number of hydrogen-bond donors (Lipinski definition) is 1. The summed E-state index contributed by atoms with van der Waals surface area (Å²) in [5.41, 5.74) is 1.93. The first kappa shape index (κ1) is 14.4. The molecule has 0 radical (unpaired) electrons. The number of aliphatic hydroxyl groups is 1. The van der Waals surface area contributed by atoms with E-state index < -0.39 is 0 Å². The molecule has 0 bridgehead atoms. The molecule has 0 aliphatic carbocycles. The third-order valence-electron chi connectivity index (χ3n) is 3.06. The Morgan fingerprint density at radius 2 is 1.80 bits per heavy atom. The van der Waals surface area contributed by atoms with E-state index in [9.17, 15) is 5.11 Å². The summed E-state index contributed by atoms with van der Waals surface area (Å²) in [4.78, 5) is 0. The van der Waals surface area contributed by atoms with Gasteiger partial charge in [0.25, 0.3) is 0 Å². The predicted octanol–water partition coefficient (Wildman–Crippen LogP) is 3.72. The smallest absolute Gasteiger partial charge is 0.162 e. The zero-order valence-electron chi connectivity index (χ0n) is 11.9. The standard InChI is InChI=1S/C17H20O3/c1-3-19-17-11-14(12-18)9-10-16(17)20-13(2)15-7-5-4-6-8-15/h4-11,13,18H,3,12H2,1-2H3. The van der Waals surface area contributed by atoms with Gasteiger partial charge in [-0.15, -0.1) is 0 Å². The van der Waals surface area contributed by atoms with Crippen LogP contribution in [-0.4, -0.2) is 11.7 Å². The Kier molecular flexibility index (Phi) is 5.02. The third-order valence-corrected chi connectivity index (χ3v) is 3.06. The van der Waals surface area contributed by atoms with Gasteiger partial charge in [0.15, 0.2) is 11.5 Å². The molecule has 0 saturated carbocycles. The minimum Gasteiger partial charge on any atom is -0.490 e. The van der Waals surface area contributed by atoms with E-state index in [0.717, 1.165) is 11.1 Å². The number of rotatable bonds is 6. The van der Waals surface area contributed by atoms with Crippen LogP contribution >= 0.6 is 0 Å². The van der Waals surface area contributed by atoms with Gasteiger partial charge in [0, 0.05) is 0 Å². The van der Waals surface area contributed by atoms with Gasteiger partial charge in [-0.25, -0.2) is 0 Å². The molecule has 2 rings (SSSR count). The maximum atomic E-state index is 9.18. The molecule has 20 heavy (non-hydrogen) atoms. The van der Waals surface area contributed by atoms with Gasteiger partial charge in [-0.1, -0.05) is 36.4 Å². The van der Waals surface area contributed by atoms with E-state index in [2.05, 4.69) is 0 Å². The monoisotopic (exact) mass is 272 g/mol. The highest BCUT2D eigenvalue weighted by molar-refractivity contribution is 5.43. The molecule has 1 atom stereocenters. The SMILES string of the molecule is CCOc1cc(CO)ccc1OC(C)c1ccccc1. The van der Waals surface area contributed by atoms with Crippen molar-refractivity contribution in [3.8, 4) is 11.5 Å². The minimum absolute atomic E-state index is 0.00536. The Labute approximate surface area is 119 Å². The van der Waals surface area contributed by atoms with E-state index in [0.29, 0.717) is 18.1 Å². The van der Waals surface area contributed by atoms with Crippen LogP contribution in [0.2, 0.25) is 0 Å². The number of ether oxygens (including phenoxy) is 2. The highest BCUT2D eigenvalue weighted by Gasteiger charge is 2.11. The first-order valence-corrected chi connectivity index (χ1v) is 6.82. The number of aliphatic hydroxyl groups excluding tert-OH is 1. The molecule has 0 amide bonds. The van der Waals surface area contributed by atoms with Crippen molar-refractivity contribution in [3.05, 3.63) is 59.7 Å². The van der Waals surface area contributed by atoms with E-state index in [1.54, 1.807) is 0 Å². The molecule has 2 aromatic rings. The van der Waals surface area contributed by atoms with Crippen LogP contribution in [0.15, 0.2) is 48.5 Å². The van der Waals surface area contributed by atoms with E-state index in [1.165, 1.54) is 0 Å². The molecule has 3 nitrogen and oxygen atoms in total. The normalized spacial score (nSPS) is 11.9. The zero-order chi connectivity index (χ0) is 14.4. The average Bonchev–Trinajstić information content (AvgIpc) is 2.50. The Morgan fingerprint density at radius 3 is 2.45 bits per heavy atom. The Hall–Kier alpha value is -2.00. The molecule has 3 heteroatoms. The summed E-state index contributed by atoms with van der Waals surface area (Å²) in [7, 11) is 0.